The minimum atomic E-state index is 0.0680. The van der Waals surface area contributed by atoms with E-state index in [2.05, 4.69) is 44.1 Å². The standard InChI is InChI=1S/C23H27N5OS/c1-17-7-5-6-10-20(17)25-21(29)16-30-23-27-26-22(19-11-13-24-14-12-19)28(23)15-18-8-3-2-4-9-18/h2-4,8-9,11-14,17,20H,5-7,10,15-16H2,1H3,(H,25,29)/t17-,20-/m0/s1. The predicted molar refractivity (Wildman–Crippen MR) is 119 cm³/mol. The SMILES string of the molecule is C[C@H]1CCCC[C@@H]1NC(=O)CSc1nnc(-c2ccncc2)n1Cc1ccccc1. The average molecular weight is 422 g/mol. The van der Waals surface area contributed by atoms with Crippen LogP contribution in [0.25, 0.3) is 11.4 Å². The van der Waals surface area contributed by atoms with Gasteiger partial charge in [-0.1, -0.05) is 61.9 Å². The highest BCUT2D eigenvalue weighted by Crippen LogP contribution is 2.26. The summed E-state index contributed by atoms with van der Waals surface area (Å²) in [5, 5.41) is 12.8. The molecule has 3 aromatic rings. The first kappa shape index (κ1) is 20.6. The molecule has 1 aliphatic rings. The summed E-state index contributed by atoms with van der Waals surface area (Å²) in [5.41, 5.74) is 2.12. The summed E-state index contributed by atoms with van der Waals surface area (Å²) in [4.78, 5) is 16.7. The number of amides is 1. The van der Waals surface area contributed by atoms with Gasteiger partial charge in [-0.05, 0) is 36.5 Å². The Kier molecular flexibility index (Phi) is 6.79. The topological polar surface area (TPSA) is 72.7 Å². The van der Waals surface area contributed by atoms with E-state index >= 15 is 0 Å². The Morgan fingerprint density at radius 3 is 2.63 bits per heavy atom. The number of hydrogen-bond donors (Lipinski definition) is 1. The van der Waals surface area contributed by atoms with Crippen LogP contribution in [0.4, 0.5) is 0 Å². The van der Waals surface area contributed by atoms with Gasteiger partial charge in [0.2, 0.25) is 5.91 Å². The molecule has 0 saturated heterocycles. The Hall–Kier alpha value is -2.67. The van der Waals surface area contributed by atoms with E-state index in [1.165, 1.54) is 31.0 Å². The summed E-state index contributed by atoms with van der Waals surface area (Å²) in [7, 11) is 0. The molecule has 1 aliphatic carbocycles. The van der Waals surface area contributed by atoms with E-state index < -0.39 is 0 Å². The molecule has 6 nitrogen and oxygen atoms in total. The van der Waals surface area contributed by atoms with Crippen LogP contribution in [0, 0.1) is 5.92 Å². The van der Waals surface area contributed by atoms with Gasteiger partial charge in [-0.2, -0.15) is 0 Å². The normalized spacial score (nSPS) is 18.8. The molecule has 1 fully saturated rings. The maximum Gasteiger partial charge on any atom is 0.230 e. The molecule has 2 atom stereocenters. The van der Waals surface area contributed by atoms with Crippen LogP contribution in [-0.4, -0.2) is 37.5 Å². The fourth-order valence-electron chi connectivity index (χ4n) is 3.93. The highest BCUT2D eigenvalue weighted by Gasteiger charge is 2.23. The van der Waals surface area contributed by atoms with Crippen LogP contribution in [0.2, 0.25) is 0 Å². The van der Waals surface area contributed by atoms with Crippen LogP contribution in [0.1, 0.15) is 38.2 Å². The fourth-order valence-corrected chi connectivity index (χ4v) is 4.68. The zero-order valence-electron chi connectivity index (χ0n) is 17.2. The van der Waals surface area contributed by atoms with E-state index in [1.807, 2.05) is 30.3 Å². The largest absolute Gasteiger partial charge is 0.352 e. The first-order valence-electron chi connectivity index (χ1n) is 10.5. The van der Waals surface area contributed by atoms with E-state index in [-0.39, 0.29) is 5.91 Å². The van der Waals surface area contributed by atoms with E-state index in [9.17, 15) is 4.79 Å². The molecule has 1 aromatic carbocycles. The number of carbonyl (C=O) groups is 1. The van der Waals surface area contributed by atoms with Crippen molar-refractivity contribution in [3.8, 4) is 11.4 Å². The molecule has 0 radical (unpaired) electrons. The molecule has 0 spiro atoms. The van der Waals surface area contributed by atoms with Crippen molar-refractivity contribution < 1.29 is 4.79 Å². The molecule has 1 amide bonds. The van der Waals surface area contributed by atoms with Gasteiger partial charge in [0.05, 0.1) is 12.3 Å². The van der Waals surface area contributed by atoms with Gasteiger partial charge in [-0.15, -0.1) is 10.2 Å². The third-order valence-electron chi connectivity index (χ3n) is 5.63. The third-order valence-corrected chi connectivity index (χ3v) is 6.60. The zero-order chi connectivity index (χ0) is 20.8. The van der Waals surface area contributed by atoms with Gasteiger partial charge >= 0.3 is 0 Å². The number of nitrogens with one attached hydrogen (secondary N) is 1. The lowest BCUT2D eigenvalue weighted by Gasteiger charge is -2.29. The molecule has 1 N–H and O–H groups in total. The second-order valence-electron chi connectivity index (χ2n) is 7.84. The first-order valence-corrected chi connectivity index (χ1v) is 11.5. The Morgan fingerprint density at radius 2 is 1.87 bits per heavy atom. The Bertz CT molecular complexity index is 960. The highest BCUT2D eigenvalue weighted by atomic mass is 32.2. The second kappa shape index (κ2) is 9.89. The van der Waals surface area contributed by atoms with Crippen molar-refractivity contribution in [1.29, 1.82) is 0 Å². The minimum absolute atomic E-state index is 0.0680. The van der Waals surface area contributed by atoms with Crippen molar-refractivity contribution in [3.63, 3.8) is 0 Å². The summed E-state index contributed by atoms with van der Waals surface area (Å²) < 4.78 is 2.08. The lowest BCUT2D eigenvalue weighted by Crippen LogP contribution is -2.41. The lowest BCUT2D eigenvalue weighted by molar-refractivity contribution is -0.119. The maximum atomic E-state index is 12.6. The number of rotatable bonds is 7. The van der Waals surface area contributed by atoms with E-state index in [4.69, 9.17) is 0 Å². The van der Waals surface area contributed by atoms with Gasteiger partial charge in [-0.25, -0.2) is 0 Å². The molecular formula is C23H27N5OS. The van der Waals surface area contributed by atoms with Crippen molar-refractivity contribution >= 4 is 17.7 Å². The molecule has 156 valence electrons. The van der Waals surface area contributed by atoms with Crippen molar-refractivity contribution in [2.24, 2.45) is 5.92 Å². The second-order valence-corrected chi connectivity index (χ2v) is 8.78. The van der Waals surface area contributed by atoms with Gasteiger partial charge in [0.1, 0.15) is 0 Å². The number of benzene rings is 1. The first-order chi connectivity index (χ1) is 14.7. The molecule has 30 heavy (non-hydrogen) atoms. The summed E-state index contributed by atoms with van der Waals surface area (Å²) in [6.45, 7) is 2.88. The summed E-state index contributed by atoms with van der Waals surface area (Å²) in [6.07, 6.45) is 8.24. The van der Waals surface area contributed by atoms with Gasteiger partial charge in [0, 0.05) is 24.0 Å². The predicted octanol–water partition coefficient (Wildman–Crippen LogP) is 4.18. The van der Waals surface area contributed by atoms with Crippen LogP contribution in [0.15, 0.2) is 60.0 Å². The summed E-state index contributed by atoms with van der Waals surface area (Å²) >= 11 is 1.44. The van der Waals surface area contributed by atoms with Crippen molar-refractivity contribution in [2.45, 2.75) is 50.4 Å². The van der Waals surface area contributed by atoms with Crippen molar-refractivity contribution in [3.05, 3.63) is 60.4 Å². The molecule has 2 aromatic heterocycles. The average Bonchev–Trinajstić information content (AvgIpc) is 3.17. The molecule has 0 bridgehead atoms. The Balaban J connectivity index is 1.49. The molecular weight excluding hydrogens is 394 g/mol. The minimum Gasteiger partial charge on any atom is -0.352 e. The molecule has 2 heterocycles. The van der Waals surface area contributed by atoms with Gasteiger partial charge in [0.15, 0.2) is 11.0 Å². The number of hydrogen-bond acceptors (Lipinski definition) is 5. The smallest absolute Gasteiger partial charge is 0.230 e. The van der Waals surface area contributed by atoms with Crippen molar-refractivity contribution in [1.82, 2.24) is 25.1 Å². The molecule has 0 unspecified atom stereocenters. The van der Waals surface area contributed by atoms with Crippen LogP contribution in [0.3, 0.4) is 0 Å². The molecule has 7 heteroatoms. The third kappa shape index (κ3) is 5.08. The zero-order valence-corrected chi connectivity index (χ0v) is 18.0. The number of nitrogens with zero attached hydrogens (tertiary/aromatic N) is 4. The Morgan fingerprint density at radius 1 is 1.10 bits per heavy atom. The summed E-state index contributed by atoms with van der Waals surface area (Å²) in [6, 6.07) is 14.4. The lowest BCUT2D eigenvalue weighted by atomic mass is 9.86. The molecule has 4 rings (SSSR count). The van der Waals surface area contributed by atoms with E-state index in [1.54, 1.807) is 12.4 Å². The van der Waals surface area contributed by atoms with Gasteiger partial charge < -0.3 is 5.32 Å². The Labute approximate surface area is 181 Å². The van der Waals surface area contributed by atoms with E-state index in [0.29, 0.717) is 24.3 Å². The van der Waals surface area contributed by atoms with Crippen LogP contribution in [-0.2, 0) is 11.3 Å². The number of carbonyl (C=O) groups excluding carboxylic acids is 1. The number of thioether (sulfide) groups is 1. The highest BCUT2D eigenvalue weighted by molar-refractivity contribution is 7.99. The van der Waals surface area contributed by atoms with Crippen LogP contribution >= 0.6 is 11.8 Å². The fraction of sp³-hybridized carbons (Fsp3) is 0.391. The maximum absolute atomic E-state index is 12.6. The van der Waals surface area contributed by atoms with Gasteiger partial charge in [-0.3, -0.25) is 14.3 Å². The monoisotopic (exact) mass is 421 g/mol. The number of aromatic nitrogens is 4. The van der Waals surface area contributed by atoms with E-state index in [0.717, 1.165) is 28.5 Å². The van der Waals surface area contributed by atoms with Crippen LogP contribution in [0.5, 0.6) is 0 Å². The molecule has 1 saturated carbocycles. The van der Waals surface area contributed by atoms with Crippen LogP contribution < -0.4 is 5.32 Å². The summed E-state index contributed by atoms with van der Waals surface area (Å²) in [5.74, 6) is 1.74. The van der Waals surface area contributed by atoms with Crippen molar-refractivity contribution in [2.75, 3.05) is 5.75 Å². The number of pyridine rings is 1. The molecule has 0 aliphatic heterocycles. The van der Waals surface area contributed by atoms with Gasteiger partial charge in [0.25, 0.3) is 0 Å². The quantitative estimate of drug-likeness (QED) is 0.580.